The van der Waals surface area contributed by atoms with E-state index in [1.165, 1.54) is 0 Å². The van der Waals surface area contributed by atoms with Crippen molar-refractivity contribution in [3.05, 3.63) is 0 Å². The van der Waals surface area contributed by atoms with Crippen molar-refractivity contribution in [3.8, 4) is 0 Å². The fraction of sp³-hybridized carbons (Fsp3) is 0.769. The summed E-state index contributed by atoms with van der Waals surface area (Å²) in [6.07, 6.45) is 0.375. The molecule has 0 aromatic rings. The molecule has 108 valence electrons. The van der Waals surface area contributed by atoms with Crippen LogP contribution in [-0.2, 0) is 19.2 Å². The average Bonchev–Trinajstić information content (AvgIpc) is 2.59. The minimum absolute atomic E-state index is 0.0732. The summed E-state index contributed by atoms with van der Waals surface area (Å²) in [5.74, 6) is -1.02. The van der Waals surface area contributed by atoms with Gasteiger partial charge in [-0.1, -0.05) is 39.2 Å². The fourth-order valence-electron chi connectivity index (χ4n) is 1.80. The number of carbonyl (C=O) groups excluding carboxylic acids is 3. The topological polar surface area (TPSA) is 72.9 Å². The second-order valence-electron chi connectivity index (χ2n) is 5.68. The smallest absolute Gasteiger partial charge is 0.429 e. The van der Waals surface area contributed by atoms with Crippen LogP contribution in [0.2, 0.25) is 0 Å². The van der Waals surface area contributed by atoms with E-state index in [4.69, 9.17) is 4.74 Å². The number of imide groups is 1. The van der Waals surface area contributed by atoms with Gasteiger partial charge in [0.15, 0.2) is 0 Å². The molecule has 0 aromatic carbocycles. The number of hydroxylamine groups is 2. The van der Waals surface area contributed by atoms with Crippen molar-refractivity contribution >= 4 is 18.0 Å². The van der Waals surface area contributed by atoms with Crippen molar-refractivity contribution in [2.75, 3.05) is 0 Å². The highest BCUT2D eigenvalue weighted by atomic mass is 16.8. The zero-order valence-corrected chi connectivity index (χ0v) is 11.9. The first kappa shape index (κ1) is 15.5. The Morgan fingerprint density at radius 2 is 1.79 bits per heavy atom. The number of amides is 2. The van der Waals surface area contributed by atoms with Gasteiger partial charge in [0.1, 0.15) is 6.10 Å². The third kappa shape index (κ3) is 4.22. The van der Waals surface area contributed by atoms with Gasteiger partial charge in [-0.15, -0.1) is 0 Å². The molecule has 1 atom stereocenters. The second-order valence-corrected chi connectivity index (χ2v) is 5.68. The molecule has 6 nitrogen and oxygen atoms in total. The van der Waals surface area contributed by atoms with E-state index in [-0.39, 0.29) is 24.4 Å². The molecule has 1 aliphatic rings. The van der Waals surface area contributed by atoms with Gasteiger partial charge in [0.2, 0.25) is 0 Å². The van der Waals surface area contributed by atoms with Crippen LogP contribution in [0, 0.1) is 5.41 Å². The molecule has 1 heterocycles. The van der Waals surface area contributed by atoms with Gasteiger partial charge in [0.25, 0.3) is 11.8 Å². The van der Waals surface area contributed by atoms with Crippen molar-refractivity contribution < 1.29 is 24.0 Å². The Morgan fingerprint density at radius 1 is 1.26 bits per heavy atom. The maximum Gasteiger partial charge on any atom is 0.534 e. The summed E-state index contributed by atoms with van der Waals surface area (Å²) < 4.78 is 5.21. The fourth-order valence-corrected chi connectivity index (χ4v) is 1.80. The number of nitrogens with zero attached hydrogens (tertiary/aromatic N) is 1. The predicted molar refractivity (Wildman–Crippen MR) is 66.8 cm³/mol. The minimum atomic E-state index is -1.00. The number of hydrogen-bond donors (Lipinski definition) is 0. The predicted octanol–water partition coefficient (Wildman–Crippen LogP) is 2.42. The van der Waals surface area contributed by atoms with E-state index < -0.39 is 18.0 Å². The Hall–Kier alpha value is -1.59. The Balaban J connectivity index is 2.58. The Morgan fingerprint density at radius 3 is 2.21 bits per heavy atom. The second kappa shape index (κ2) is 6.04. The van der Waals surface area contributed by atoms with Gasteiger partial charge in [0, 0.05) is 12.8 Å². The lowest BCUT2D eigenvalue weighted by Gasteiger charge is -2.29. The van der Waals surface area contributed by atoms with Crippen LogP contribution in [0.4, 0.5) is 4.79 Å². The summed E-state index contributed by atoms with van der Waals surface area (Å²) in [5, 5.41) is 0.494. The van der Waals surface area contributed by atoms with Crippen LogP contribution in [0.5, 0.6) is 0 Å². The van der Waals surface area contributed by atoms with Crippen LogP contribution in [0.1, 0.15) is 53.4 Å². The monoisotopic (exact) mass is 271 g/mol. The van der Waals surface area contributed by atoms with Crippen LogP contribution in [0.3, 0.4) is 0 Å². The summed E-state index contributed by atoms with van der Waals surface area (Å²) in [4.78, 5) is 38.9. The Bertz CT molecular complexity index is 356. The minimum Gasteiger partial charge on any atom is -0.429 e. The van der Waals surface area contributed by atoms with Gasteiger partial charge in [-0.25, -0.2) is 4.79 Å². The molecule has 1 fully saturated rings. The lowest BCUT2D eigenvalue weighted by Crippen LogP contribution is -2.37. The summed E-state index contributed by atoms with van der Waals surface area (Å²) in [6, 6.07) is 0. The van der Waals surface area contributed by atoms with Crippen molar-refractivity contribution in [3.63, 3.8) is 0 Å². The van der Waals surface area contributed by atoms with E-state index in [1.807, 2.05) is 27.7 Å². The molecule has 0 aromatic heterocycles. The molecule has 0 saturated carbocycles. The first-order valence-electron chi connectivity index (χ1n) is 6.50. The van der Waals surface area contributed by atoms with Crippen LogP contribution < -0.4 is 0 Å². The van der Waals surface area contributed by atoms with Gasteiger partial charge in [-0.3, -0.25) is 14.4 Å². The third-order valence-electron chi connectivity index (χ3n) is 2.93. The maximum absolute atomic E-state index is 11.6. The summed E-state index contributed by atoms with van der Waals surface area (Å²) in [7, 11) is 0. The first-order chi connectivity index (χ1) is 8.75. The van der Waals surface area contributed by atoms with Crippen molar-refractivity contribution in [1.82, 2.24) is 5.06 Å². The molecular formula is C13H21NO5. The quantitative estimate of drug-likeness (QED) is 0.580. The lowest BCUT2D eigenvalue weighted by molar-refractivity contribution is -0.180. The normalized spacial score (nSPS) is 17.6. The van der Waals surface area contributed by atoms with Crippen LogP contribution in [0.15, 0.2) is 0 Å². The molecule has 0 N–H and O–H groups in total. The van der Waals surface area contributed by atoms with Crippen molar-refractivity contribution in [1.29, 1.82) is 0 Å². The summed E-state index contributed by atoms with van der Waals surface area (Å²) in [5.41, 5.74) is -0.228. The maximum atomic E-state index is 11.6. The molecule has 0 bridgehead atoms. The molecule has 1 unspecified atom stereocenters. The lowest BCUT2D eigenvalue weighted by atomic mass is 9.86. The van der Waals surface area contributed by atoms with E-state index in [0.29, 0.717) is 11.5 Å². The van der Waals surface area contributed by atoms with Gasteiger partial charge >= 0.3 is 6.16 Å². The van der Waals surface area contributed by atoms with E-state index in [2.05, 4.69) is 4.84 Å². The number of rotatable bonds is 4. The SMILES string of the molecule is CCCC(OC(=O)ON1C(=O)CCC1=O)C(C)(C)C. The first-order valence-corrected chi connectivity index (χ1v) is 6.50. The molecule has 0 spiro atoms. The molecule has 1 rings (SSSR count). The van der Waals surface area contributed by atoms with Crippen molar-refractivity contribution in [2.45, 2.75) is 59.5 Å². The van der Waals surface area contributed by atoms with Gasteiger partial charge in [-0.2, -0.15) is 0 Å². The van der Waals surface area contributed by atoms with Crippen molar-refractivity contribution in [2.24, 2.45) is 5.41 Å². The molecular weight excluding hydrogens is 250 g/mol. The molecule has 2 amide bonds. The largest absolute Gasteiger partial charge is 0.534 e. The molecule has 0 radical (unpaired) electrons. The highest BCUT2D eigenvalue weighted by Gasteiger charge is 2.35. The van der Waals surface area contributed by atoms with E-state index >= 15 is 0 Å². The van der Waals surface area contributed by atoms with Gasteiger partial charge in [0.05, 0.1) is 0 Å². The standard InChI is InChI=1S/C13H21NO5/c1-5-6-9(13(2,3)4)18-12(17)19-14-10(15)7-8-11(14)16/h9H,5-8H2,1-4H3. The number of ether oxygens (including phenoxy) is 1. The number of hydrogen-bond acceptors (Lipinski definition) is 5. The van der Waals surface area contributed by atoms with Crippen LogP contribution >= 0.6 is 0 Å². The zero-order chi connectivity index (χ0) is 14.6. The average molecular weight is 271 g/mol. The van der Waals surface area contributed by atoms with Crippen LogP contribution in [-0.4, -0.2) is 29.1 Å². The number of carbonyl (C=O) groups is 3. The summed E-state index contributed by atoms with van der Waals surface area (Å²) in [6.45, 7) is 7.84. The van der Waals surface area contributed by atoms with Crippen LogP contribution in [0.25, 0.3) is 0 Å². The summed E-state index contributed by atoms with van der Waals surface area (Å²) >= 11 is 0. The zero-order valence-electron chi connectivity index (χ0n) is 11.9. The van der Waals surface area contributed by atoms with E-state index in [0.717, 1.165) is 6.42 Å². The molecule has 1 aliphatic heterocycles. The highest BCUT2D eigenvalue weighted by Crippen LogP contribution is 2.26. The van der Waals surface area contributed by atoms with Gasteiger partial charge in [-0.05, 0) is 11.8 Å². The molecule has 1 saturated heterocycles. The molecule has 0 aliphatic carbocycles. The molecule has 19 heavy (non-hydrogen) atoms. The Labute approximate surface area is 113 Å². The van der Waals surface area contributed by atoms with E-state index in [9.17, 15) is 14.4 Å². The Kier molecular flexibility index (Phi) is 4.91. The van der Waals surface area contributed by atoms with Gasteiger partial charge < -0.3 is 4.74 Å². The third-order valence-corrected chi connectivity index (χ3v) is 2.93. The van der Waals surface area contributed by atoms with E-state index in [1.54, 1.807) is 0 Å². The molecule has 6 heteroatoms. The highest BCUT2D eigenvalue weighted by molar-refractivity contribution is 6.01.